The van der Waals surface area contributed by atoms with E-state index in [2.05, 4.69) is 15.3 Å². The van der Waals surface area contributed by atoms with E-state index in [-0.39, 0.29) is 6.42 Å². The molecule has 0 amide bonds. The number of anilines is 2. The van der Waals surface area contributed by atoms with Crippen LogP contribution in [0.1, 0.15) is 10.6 Å². The standard InChI is InChI=1S/C15H13N3O2S/c1-9-12(8-13(19)20)21-15(17-9)18-11-6-2-4-10-5-3-7-16-14(10)11/h2-7H,8H2,1H3,(H,17,18)(H,19,20). The Morgan fingerprint density at radius 1 is 1.33 bits per heavy atom. The van der Waals surface area contributed by atoms with Crippen LogP contribution < -0.4 is 5.32 Å². The van der Waals surface area contributed by atoms with Crippen molar-refractivity contribution in [1.82, 2.24) is 9.97 Å². The van der Waals surface area contributed by atoms with Crippen molar-refractivity contribution in [3.63, 3.8) is 0 Å². The molecule has 0 atom stereocenters. The average Bonchev–Trinajstić information content (AvgIpc) is 2.78. The van der Waals surface area contributed by atoms with Crippen molar-refractivity contribution < 1.29 is 9.90 Å². The lowest BCUT2D eigenvalue weighted by Gasteiger charge is -2.05. The first-order valence-electron chi connectivity index (χ1n) is 6.42. The number of aryl methyl sites for hydroxylation is 1. The van der Waals surface area contributed by atoms with Crippen molar-refractivity contribution in [2.24, 2.45) is 0 Å². The molecule has 0 radical (unpaired) electrons. The lowest BCUT2D eigenvalue weighted by molar-refractivity contribution is -0.136. The minimum atomic E-state index is -0.847. The van der Waals surface area contributed by atoms with Gasteiger partial charge in [-0.1, -0.05) is 18.2 Å². The molecular weight excluding hydrogens is 286 g/mol. The quantitative estimate of drug-likeness (QED) is 0.772. The van der Waals surface area contributed by atoms with Gasteiger partial charge in [-0.25, -0.2) is 4.98 Å². The van der Waals surface area contributed by atoms with Gasteiger partial charge in [0, 0.05) is 16.5 Å². The molecule has 106 valence electrons. The second-order valence-electron chi connectivity index (χ2n) is 4.60. The number of aromatic nitrogens is 2. The lowest BCUT2D eigenvalue weighted by atomic mass is 10.2. The molecule has 2 heterocycles. The Hall–Kier alpha value is -2.47. The highest BCUT2D eigenvalue weighted by molar-refractivity contribution is 7.15. The molecule has 0 saturated heterocycles. The Morgan fingerprint density at radius 3 is 2.95 bits per heavy atom. The first-order chi connectivity index (χ1) is 10.1. The van der Waals surface area contributed by atoms with Crippen LogP contribution >= 0.6 is 11.3 Å². The van der Waals surface area contributed by atoms with E-state index >= 15 is 0 Å². The van der Waals surface area contributed by atoms with Gasteiger partial charge in [0.25, 0.3) is 0 Å². The van der Waals surface area contributed by atoms with E-state index in [1.54, 1.807) is 6.20 Å². The van der Waals surface area contributed by atoms with Gasteiger partial charge in [-0.05, 0) is 19.1 Å². The maximum Gasteiger partial charge on any atom is 0.308 e. The molecule has 0 unspecified atom stereocenters. The summed E-state index contributed by atoms with van der Waals surface area (Å²) in [6.07, 6.45) is 1.75. The van der Waals surface area contributed by atoms with E-state index in [4.69, 9.17) is 5.11 Å². The fourth-order valence-corrected chi connectivity index (χ4v) is 3.07. The fourth-order valence-electron chi connectivity index (χ4n) is 2.10. The van der Waals surface area contributed by atoms with Crippen molar-refractivity contribution in [1.29, 1.82) is 0 Å². The van der Waals surface area contributed by atoms with E-state index in [0.717, 1.165) is 27.2 Å². The summed E-state index contributed by atoms with van der Waals surface area (Å²) in [5, 5.41) is 13.8. The molecule has 6 heteroatoms. The Kier molecular flexibility index (Phi) is 3.53. The first kappa shape index (κ1) is 13.5. The number of hydrogen-bond acceptors (Lipinski definition) is 5. The summed E-state index contributed by atoms with van der Waals surface area (Å²) < 4.78 is 0. The van der Waals surface area contributed by atoms with Gasteiger partial charge in [-0.3, -0.25) is 9.78 Å². The molecule has 0 aliphatic rings. The van der Waals surface area contributed by atoms with Crippen LogP contribution in [0, 0.1) is 6.92 Å². The van der Waals surface area contributed by atoms with E-state index < -0.39 is 5.97 Å². The van der Waals surface area contributed by atoms with Crippen molar-refractivity contribution in [2.45, 2.75) is 13.3 Å². The molecule has 0 bridgehead atoms. The maximum absolute atomic E-state index is 10.8. The van der Waals surface area contributed by atoms with E-state index in [0.29, 0.717) is 5.13 Å². The average molecular weight is 299 g/mol. The van der Waals surface area contributed by atoms with Crippen molar-refractivity contribution in [2.75, 3.05) is 5.32 Å². The van der Waals surface area contributed by atoms with Crippen LogP contribution in [0.4, 0.5) is 10.8 Å². The number of fused-ring (bicyclic) bond motifs is 1. The Balaban J connectivity index is 1.94. The van der Waals surface area contributed by atoms with Crippen LogP contribution in [0.3, 0.4) is 0 Å². The molecule has 2 aromatic heterocycles. The highest BCUT2D eigenvalue weighted by atomic mass is 32.1. The zero-order valence-corrected chi connectivity index (χ0v) is 12.1. The van der Waals surface area contributed by atoms with Crippen LogP contribution in [0.2, 0.25) is 0 Å². The number of thiazole rings is 1. The number of para-hydroxylation sites is 1. The van der Waals surface area contributed by atoms with Gasteiger partial charge >= 0.3 is 5.97 Å². The zero-order chi connectivity index (χ0) is 14.8. The smallest absolute Gasteiger partial charge is 0.308 e. The number of nitrogens with one attached hydrogen (secondary N) is 1. The number of carboxylic acids is 1. The van der Waals surface area contributed by atoms with Crippen molar-refractivity contribution >= 4 is 39.0 Å². The minimum Gasteiger partial charge on any atom is -0.481 e. The molecule has 0 saturated carbocycles. The SMILES string of the molecule is Cc1nc(Nc2cccc3cccnc23)sc1CC(=O)O. The number of benzene rings is 1. The van der Waals surface area contributed by atoms with E-state index in [1.165, 1.54) is 11.3 Å². The van der Waals surface area contributed by atoms with Crippen molar-refractivity contribution in [3.05, 3.63) is 47.1 Å². The lowest BCUT2D eigenvalue weighted by Crippen LogP contribution is -1.99. The Morgan fingerprint density at radius 2 is 2.14 bits per heavy atom. The monoisotopic (exact) mass is 299 g/mol. The first-order valence-corrected chi connectivity index (χ1v) is 7.24. The third kappa shape index (κ3) is 2.85. The predicted octanol–water partition coefficient (Wildman–Crippen LogP) is 3.37. The number of rotatable bonds is 4. The number of carbonyl (C=O) groups is 1. The molecule has 0 aliphatic carbocycles. The van der Waals surface area contributed by atoms with Gasteiger partial charge in [0.1, 0.15) is 0 Å². The molecule has 3 rings (SSSR count). The third-order valence-electron chi connectivity index (χ3n) is 3.08. The molecule has 0 aliphatic heterocycles. The van der Waals surface area contributed by atoms with Gasteiger partial charge in [0.05, 0.1) is 23.3 Å². The van der Waals surface area contributed by atoms with Crippen LogP contribution in [0.25, 0.3) is 10.9 Å². The van der Waals surface area contributed by atoms with Crippen LogP contribution in [-0.4, -0.2) is 21.0 Å². The van der Waals surface area contributed by atoms with Crippen LogP contribution in [0.15, 0.2) is 36.5 Å². The van der Waals surface area contributed by atoms with Crippen molar-refractivity contribution in [3.8, 4) is 0 Å². The fraction of sp³-hybridized carbons (Fsp3) is 0.133. The Bertz CT molecular complexity index is 808. The highest BCUT2D eigenvalue weighted by Crippen LogP contribution is 2.29. The zero-order valence-electron chi connectivity index (χ0n) is 11.3. The predicted molar refractivity (Wildman–Crippen MR) is 83.2 cm³/mol. The molecule has 2 N–H and O–H groups in total. The highest BCUT2D eigenvalue weighted by Gasteiger charge is 2.12. The number of nitrogens with zero attached hydrogens (tertiary/aromatic N) is 2. The van der Waals surface area contributed by atoms with Gasteiger partial charge < -0.3 is 10.4 Å². The minimum absolute atomic E-state index is 0.00102. The summed E-state index contributed by atoms with van der Waals surface area (Å²) in [4.78, 5) is 20.3. The summed E-state index contributed by atoms with van der Waals surface area (Å²) in [6.45, 7) is 1.82. The van der Waals surface area contributed by atoms with Gasteiger partial charge in [0.15, 0.2) is 5.13 Å². The molecular formula is C15H13N3O2S. The van der Waals surface area contributed by atoms with Gasteiger partial charge in [-0.15, -0.1) is 11.3 Å². The molecule has 21 heavy (non-hydrogen) atoms. The molecule has 0 fully saturated rings. The number of hydrogen-bond donors (Lipinski definition) is 2. The molecule has 5 nitrogen and oxygen atoms in total. The van der Waals surface area contributed by atoms with E-state index in [1.807, 2.05) is 37.3 Å². The maximum atomic E-state index is 10.8. The summed E-state index contributed by atoms with van der Waals surface area (Å²) in [5.41, 5.74) is 2.48. The number of aliphatic carboxylic acids is 1. The summed E-state index contributed by atoms with van der Waals surface area (Å²) >= 11 is 1.36. The topological polar surface area (TPSA) is 75.1 Å². The second kappa shape index (κ2) is 5.49. The third-order valence-corrected chi connectivity index (χ3v) is 4.15. The van der Waals surface area contributed by atoms with Crippen LogP contribution in [0.5, 0.6) is 0 Å². The normalized spacial score (nSPS) is 10.7. The van der Waals surface area contributed by atoms with Gasteiger partial charge in [-0.2, -0.15) is 0 Å². The molecule has 1 aromatic carbocycles. The number of pyridine rings is 1. The second-order valence-corrected chi connectivity index (χ2v) is 5.69. The van der Waals surface area contributed by atoms with E-state index in [9.17, 15) is 4.79 Å². The number of carboxylic acid groups (broad SMARTS) is 1. The Labute approximate surface area is 125 Å². The summed E-state index contributed by atoms with van der Waals surface area (Å²) in [5.74, 6) is -0.847. The largest absolute Gasteiger partial charge is 0.481 e. The van der Waals surface area contributed by atoms with Crippen LogP contribution in [-0.2, 0) is 11.2 Å². The summed E-state index contributed by atoms with van der Waals surface area (Å²) in [7, 11) is 0. The molecule has 3 aromatic rings. The van der Waals surface area contributed by atoms with Gasteiger partial charge in [0.2, 0.25) is 0 Å². The molecule has 0 spiro atoms. The summed E-state index contributed by atoms with van der Waals surface area (Å²) in [6, 6.07) is 9.77.